The molecule has 0 aliphatic carbocycles. The second-order valence-corrected chi connectivity index (χ2v) is 6.62. The summed E-state index contributed by atoms with van der Waals surface area (Å²) in [6, 6.07) is 8.13. The number of thiazole rings is 1. The van der Waals surface area contributed by atoms with Crippen molar-refractivity contribution in [2.24, 2.45) is 0 Å². The fourth-order valence-electron chi connectivity index (χ4n) is 2.14. The summed E-state index contributed by atoms with van der Waals surface area (Å²) in [7, 11) is 0. The van der Waals surface area contributed by atoms with Crippen LogP contribution in [-0.2, 0) is 13.2 Å². The summed E-state index contributed by atoms with van der Waals surface area (Å²) in [5, 5.41) is 4.43. The molecule has 0 unspecified atom stereocenters. The van der Waals surface area contributed by atoms with E-state index in [2.05, 4.69) is 45.1 Å². The van der Waals surface area contributed by atoms with E-state index < -0.39 is 0 Å². The average Bonchev–Trinajstić information content (AvgIpc) is 2.86. The van der Waals surface area contributed by atoms with Gasteiger partial charge in [-0.05, 0) is 37.1 Å². The molecule has 0 saturated heterocycles. The minimum absolute atomic E-state index is 0.447. The van der Waals surface area contributed by atoms with Crippen molar-refractivity contribution in [1.29, 1.82) is 0 Å². The smallest absolute Gasteiger partial charge is 0.140 e. The van der Waals surface area contributed by atoms with Gasteiger partial charge in [0.25, 0.3) is 0 Å². The van der Waals surface area contributed by atoms with E-state index in [0.717, 1.165) is 23.8 Å². The fraction of sp³-hybridized carbons (Fsp3) is 0.471. The topological polar surface area (TPSA) is 34.1 Å². The third-order valence-electron chi connectivity index (χ3n) is 3.21. The highest BCUT2D eigenvalue weighted by atomic mass is 32.1. The Kier molecular flexibility index (Phi) is 5.76. The van der Waals surface area contributed by atoms with E-state index in [4.69, 9.17) is 9.72 Å². The predicted octanol–water partition coefficient (Wildman–Crippen LogP) is 4.26. The van der Waals surface area contributed by atoms with Crippen molar-refractivity contribution in [1.82, 2.24) is 10.3 Å². The monoisotopic (exact) mass is 304 g/mol. The van der Waals surface area contributed by atoms with E-state index in [1.165, 1.54) is 16.1 Å². The maximum Gasteiger partial charge on any atom is 0.140 e. The minimum atomic E-state index is 0.447. The molecule has 1 aromatic carbocycles. The summed E-state index contributed by atoms with van der Waals surface area (Å²) >= 11 is 1.75. The molecule has 1 N–H and O–H groups in total. The second kappa shape index (κ2) is 7.57. The van der Waals surface area contributed by atoms with E-state index in [1.54, 1.807) is 11.3 Å². The van der Waals surface area contributed by atoms with Crippen LogP contribution in [-0.4, -0.2) is 11.5 Å². The summed E-state index contributed by atoms with van der Waals surface area (Å²) < 4.78 is 5.85. The number of nitrogens with one attached hydrogen (secondary N) is 1. The number of benzene rings is 1. The van der Waals surface area contributed by atoms with Gasteiger partial charge in [0.15, 0.2) is 0 Å². The van der Waals surface area contributed by atoms with Crippen molar-refractivity contribution in [3.05, 3.63) is 45.4 Å². The summed E-state index contributed by atoms with van der Waals surface area (Å²) in [6.45, 7) is 11.0. The summed E-state index contributed by atoms with van der Waals surface area (Å²) in [6.07, 6.45) is 0. The van der Waals surface area contributed by atoms with Crippen LogP contribution in [0.2, 0.25) is 0 Å². The van der Waals surface area contributed by atoms with E-state index in [9.17, 15) is 0 Å². The number of nitrogens with zero attached hydrogens (tertiary/aromatic N) is 1. The normalized spacial score (nSPS) is 11.1. The molecule has 0 radical (unpaired) electrons. The quantitative estimate of drug-likeness (QED) is 0.829. The van der Waals surface area contributed by atoms with Gasteiger partial charge in [0, 0.05) is 11.4 Å². The number of hydrogen-bond acceptors (Lipinski definition) is 4. The number of aryl methyl sites for hydroxylation is 1. The maximum atomic E-state index is 5.85. The Labute approximate surface area is 131 Å². The summed E-state index contributed by atoms with van der Waals surface area (Å²) in [5.41, 5.74) is 2.41. The zero-order valence-corrected chi connectivity index (χ0v) is 14.1. The van der Waals surface area contributed by atoms with Crippen LogP contribution in [0, 0.1) is 6.92 Å². The van der Waals surface area contributed by atoms with Crippen LogP contribution in [0.5, 0.6) is 5.75 Å². The Morgan fingerprint density at radius 2 is 2.14 bits per heavy atom. The van der Waals surface area contributed by atoms with Gasteiger partial charge in [-0.3, -0.25) is 0 Å². The van der Waals surface area contributed by atoms with E-state index in [0.29, 0.717) is 12.5 Å². The van der Waals surface area contributed by atoms with Gasteiger partial charge in [0.2, 0.25) is 0 Å². The summed E-state index contributed by atoms with van der Waals surface area (Å²) in [4.78, 5) is 6.08. The van der Waals surface area contributed by atoms with Gasteiger partial charge in [0.05, 0.1) is 5.69 Å². The Bertz CT molecular complexity index is 578. The molecular formula is C17H24N2OS. The van der Waals surface area contributed by atoms with Crippen molar-refractivity contribution in [3.8, 4) is 5.75 Å². The van der Waals surface area contributed by atoms with Crippen LogP contribution in [0.3, 0.4) is 0 Å². The Morgan fingerprint density at radius 3 is 2.81 bits per heavy atom. The van der Waals surface area contributed by atoms with Crippen LogP contribution in [0.1, 0.15) is 47.8 Å². The first-order chi connectivity index (χ1) is 10.1. The van der Waals surface area contributed by atoms with Gasteiger partial charge in [0.1, 0.15) is 17.4 Å². The van der Waals surface area contributed by atoms with Crippen molar-refractivity contribution in [2.75, 3.05) is 6.54 Å². The molecular weight excluding hydrogens is 280 g/mol. The zero-order valence-electron chi connectivity index (χ0n) is 13.3. The van der Waals surface area contributed by atoms with Gasteiger partial charge in [-0.1, -0.05) is 32.9 Å². The average molecular weight is 304 g/mol. The van der Waals surface area contributed by atoms with E-state index >= 15 is 0 Å². The highest BCUT2D eigenvalue weighted by molar-refractivity contribution is 7.11. The molecule has 4 heteroatoms. The van der Waals surface area contributed by atoms with E-state index in [-0.39, 0.29) is 0 Å². The predicted molar refractivity (Wildman–Crippen MR) is 89.1 cm³/mol. The molecule has 0 aliphatic heterocycles. The molecule has 2 rings (SSSR count). The Balaban J connectivity index is 2.06. The molecule has 0 bridgehead atoms. The lowest BCUT2D eigenvalue weighted by Crippen LogP contribution is -2.12. The summed E-state index contributed by atoms with van der Waals surface area (Å²) in [5.74, 6) is 1.35. The number of hydrogen-bond donors (Lipinski definition) is 1. The van der Waals surface area contributed by atoms with Gasteiger partial charge >= 0.3 is 0 Å². The third-order valence-corrected chi connectivity index (χ3v) is 4.25. The molecule has 0 aliphatic rings. The second-order valence-electron chi connectivity index (χ2n) is 5.46. The van der Waals surface area contributed by atoms with Crippen LogP contribution >= 0.6 is 11.3 Å². The highest BCUT2D eigenvalue weighted by Crippen LogP contribution is 2.26. The molecule has 114 valence electrons. The van der Waals surface area contributed by atoms with Crippen LogP contribution in [0.25, 0.3) is 0 Å². The molecule has 0 amide bonds. The number of ether oxygens (including phenoxy) is 1. The first-order valence-corrected chi connectivity index (χ1v) is 8.30. The van der Waals surface area contributed by atoms with Crippen LogP contribution in [0.15, 0.2) is 24.3 Å². The van der Waals surface area contributed by atoms with E-state index in [1.807, 2.05) is 12.1 Å². The molecule has 3 nitrogen and oxygen atoms in total. The third kappa shape index (κ3) is 4.55. The molecule has 0 saturated carbocycles. The number of rotatable bonds is 7. The Morgan fingerprint density at radius 1 is 1.33 bits per heavy atom. The van der Waals surface area contributed by atoms with Crippen LogP contribution < -0.4 is 10.1 Å². The van der Waals surface area contributed by atoms with Crippen molar-refractivity contribution in [3.63, 3.8) is 0 Å². The molecule has 21 heavy (non-hydrogen) atoms. The standard InChI is InChI=1S/C17H24N2OS/c1-5-18-10-15-17(12(2)3)19-16(21-15)11-20-14-8-6-7-13(4)9-14/h6-9,12,18H,5,10-11H2,1-4H3. The fourth-order valence-corrected chi connectivity index (χ4v) is 3.25. The molecule has 1 aromatic heterocycles. The zero-order chi connectivity index (χ0) is 15.2. The molecule has 2 aromatic rings. The largest absolute Gasteiger partial charge is 0.486 e. The first-order valence-electron chi connectivity index (χ1n) is 7.48. The van der Waals surface area contributed by atoms with Crippen molar-refractivity contribution < 1.29 is 4.74 Å². The Hall–Kier alpha value is -1.39. The van der Waals surface area contributed by atoms with Gasteiger partial charge < -0.3 is 10.1 Å². The number of aromatic nitrogens is 1. The van der Waals surface area contributed by atoms with Gasteiger partial charge in [-0.15, -0.1) is 11.3 Å². The van der Waals surface area contributed by atoms with Crippen molar-refractivity contribution in [2.45, 2.75) is 46.8 Å². The highest BCUT2D eigenvalue weighted by Gasteiger charge is 2.14. The lowest BCUT2D eigenvalue weighted by molar-refractivity contribution is 0.305. The van der Waals surface area contributed by atoms with Gasteiger partial charge in [-0.2, -0.15) is 0 Å². The lowest BCUT2D eigenvalue weighted by atomic mass is 10.1. The SMILES string of the molecule is CCNCc1sc(COc2cccc(C)c2)nc1C(C)C. The molecule has 0 atom stereocenters. The minimum Gasteiger partial charge on any atom is -0.486 e. The van der Waals surface area contributed by atoms with Crippen molar-refractivity contribution >= 4 is 11.3 Å². The first kappa shape index (κ1) is 16.0. The molecule has 0 fully saturated rings. The molecule has 0 spiro atoms. The maximum absolute atomic E-state index is 5.85. The molecule has 1 heterocycles. The van der Waals surface area contributed by atoms with Crippen LogP contribution in [0.4, 0.5) is 0 Å². The lowest BCUT2D eigenvalue weighted by Gasteiger charge is -2.05. The van der Waals surface area contributed by atoms with Gasteiger partial charge in [-0.25, -0.2) is 4.98 Å².